The maximum absolute atomic E-state index is 11.9. The largest absolute Gasteiger partial charge is 0.331 e. The second-order valence-electron chi connectivity index (χ2n) is 6.57. The Morgan fingerprint density at radius 2 is 1.80 bits per heavy atom. The molecule has 1 unspecified atom stereocenters. The summed E-state index contributed by atoms with van der Waals surface area (Å²) in [6.07, 6.45) is 3.17. The van der Waals surface area contributed by atoms with Gasteiger partial charge in [0, 0.05) is 39.3 Å². The zero-order valence-corrected chi connectivity index (χ0v) is 13.8. The van der Waals surface area contributed by atoms with Crippen molar-refractivity contribution in [2.24, 2.45) is 11.7 Å². The van der Waals surface area contributed by atoms with E-state index in [1.54, 1.807) is 4.90 Å². The molecule has 0 aromatic rings. The van der Waals surface area contributed by atoms with Crippen LogP contribution in [-0.2, 0) is 0 Å². The number of urea groups is 1. The van der Waals surface area contributed by atoms with Gasteiger partial charge in [-0.15, -0.1) is 0 Å². The molecule has 1 fully saturated rings. The van der Waals surface area contributed by atoms with Crippen molar-refractivity contribution in [3.8, 4) is 0 Å². The molecule has 1 aliphatic heterocycles. The predicted molar refractivity (Wildman–Crippen MR) is 83.7 cm³/mol. The van der Waals surface area contributed by atoms with Crippen molar-refractivity contribution >= 4 is 6.03 Å². The number of hydrogen-bond donors (Lipinski definition) is 1. The topological polar surface area (TPSA) is 52.8 Å². The average Bonchev–Trinajstić information content (AvgIpc) is 2.43. The highest BCUT2D eigenvalue weighted by atomic mass is 16.2. The monoisotopic (exact) mass is 284 g/mol. The summed E-state index contributed by atoms with van der Waals surface area (Å²) in [7, 11) is 5.81. The summed E-state index contributed by atoms with van der Waals surface area (Å²) in [6.45, 7) is 7.13. The minimum Gasteiger partial charge on any atom is -0.331 e. The third-order valence-corrected chi connectivity index (χ3v) is 4.41. The van der Waals surface area contributed by atoms with Gasteiger partial charge in [0.05, 0.1) is 0 Å². The quantitative estimate of drug-likeness (QED) is 0.831. The summed E-state index contributed by atoms with van der Waals surface area (Å²) in [5.74, 6) is 0.544. The summed E-state index contributed by atoms with van der Waals surface area (Å²) in [5, 5.41) is 0. The molecule has 20 heavy (non-hydrogen) atoms. The molecule has 0 aliphatic carbocycles. The Labute approximate surface area is 124 Å². The zero-order valence-electron chi connectivity index (χ0n) is 13.8. The number of nitrogens with zero attached hydrogens (tertiary/aromatic N) is 3. The fourth-order valence-electron chi connectivity index (χ4n) is 2.65. The van der Waals surface area contributed by atoms with Crippen LogP contribution < -0.4 is 5.73 Å². The Bertz CT molecular complexity index is 298. The van der Waals surface area contributed by atoms with Gasteiger partial charge in [-0.25, -0.2) is 4.79 Å². The van der Waals surface area contributed by atoms with Crippen molar-refractivity contribution in [1.82, 2.24) is 14.7 Å². The van der Waals surface area contributed by atoms with Crippen molar-refractivity contribution in [1.29, 1.82) is 0 Å². The molecule has 0 aromatic heterocycles. The van der Waals surface area contributed by atoms with E-state index in [0.29, 0.717) is 12.0 Å². The molecule has 1 aliphatic rings. The minimum atomic E-state index is 0.132. The lowest BCUT2D eigenvalue weighted by Gasteiger charge is -2.38. The molecular weight excluding hydrogens is 252 g/mol. The van der Waals surface area contributed by atoms with Gasteiger partial charge in [0.25, 0.3) is 0 Å². The highest BCUT2D eigenvalue weighted by molar-refractivity contribution is 5.73. The van der Waals surface area contributed by atoms with Gasteiger partial charge >= 0.3 is 6.03 Å². The van der Waals surface area contributed by atoms with E-state index < -0.39 is 0 Å². The SMILES string of the molecule is CC(C)C(N)CCN(C)C1CCN(C(=O)N(C)C)CC1. The lowest BCUT2D eigenvalue weighted by Crippen LogP contribution is -2.49. The van der Waals surface area contributed by atoms with Gasteiger partial charge in [0.1, 0.15) is 0 Å². The van der Waals surface area contributed by atoms with Crippen molar-refractivity contribution in [2.45, 2.75) is 45.2 Å². The Morgan fingerprint density at radius 1 is 1.25 bits per heavy atom. The van der Waals surface area contributed by atoms with E-state index in [1.165, 1.54) is 0 Å². The smallest absolute Gasteiger partial charge is 0.319 e. The maximum atomic E-state index is 11.9. The number of amides is 2. The first kappa shape index (κ1) is 17.2. The lowest BCUT2D eigenvalue weighted by atomic mass is 10.00. The number of likely N-dealkylation sites (tertiary alicyclic amines) is 1. The maximum Gasteiger partial charge on any atom is 0.319 e. The first-order valence-corrected chi connectivity index (χ1v) is 7.75. The Hall–Kier alpha value is -0.810. The molecule has 1 atom stereocenters. The number of hydrogen-bond acceptors (Lipinski definition) is 3. The van der Waals surface area contributed by atoms with Crippen LogP contribution >= 0.6 is 0 Å². The van der Waals surface area contributed by atoms with Crippen LogP contribution in [0.25, 0.3) is 0 Å². The Morgan fingerprint density at radius 3 is 2.25 bits per heavy atom. The third kappa shape index (κ3) is 4.94. The molecule has 0 spiro atoms. The van der Waals surface area contributed by atoms with Gasteiger partial charge < -0.3 is 20.4 Å². The van der Waals surface area contributed by atoms with Crippen molar-refractivity contribution in [3.05, 3.63) is 0 Å². The lowest BCUT2D eigenvalue weighted by molar-refractivity contribution is 0.119. The molecule has 1 saturated heterocycles. The molecule has 5 heteroatoms. The van der Waals surface area contributed by atoms with Gasteiger partial charge in [-0.1, -0.05) is 13.8 Å². The first-order valence-electron chi connectivity index (χ1n) is 7.75. The van der Waals surface area contributed by atoms with Crippen LogP contribution in [0.15, 0.2) is 0 Å². The van der Waals surface area contributed by atoms with Gasteiger partial charge in [0.15, 0.2) is 0 Å². The highest BCUT2D eigenvalue weighted by Gasteiger charge is 2.26. The molecular formula is C15H32N4O. The number of carbonyl (C=O) groups excluding carboxylic acids is 1. The zero-order chi connectivity index (χ0) is 15.3. The minimum absolute atomic E-state index is 0.132. The van der Waals surface area contributed by atoms with Crippen molar-refractivity contribution in [3.63, 3.8) is 0 Å². The normalized spacial score (nSPS) is 18.7. The van der Waals surface area contributed by atoms with Crippen LogP contribution in [0.4, 0.5) is 4.79 Å². The van der Waals surface area contributed by atoms with Gasteiger partial charge in [-0.3, -0.25) is 0 Å². The average molecular weight is 284 g/mol. The fraction of sp³-hybridized carbons (Fsp3) is 0.933. The second-order valence-corrected chi connectivity index (χ2v) is 6.57. The number of nitrogens with two attached hydrogens (primary N) is 1. The number of carbonyl (C=O) groups is 1. The van der Waals surface area contributed by atoms with Gasteiger partial charge in [-0.2, -0.15) is 0 Å². The molecule has 5 nitrogen and oxygen atoms in total. The van der Waals surface area contributed by atoms with Crippen LogP contribution in [-0.4, -0.2) is 73.6 Å². The molecule has 2 amide bonds. The fourth-order valence-corrected chi connectivity index (χ4v) is 2.65. The van der Waals surface area contributed by atoms with E-state index in [9.17, 15) is 4.79 Å². The number of rotatable bonds is 5. The molecule has 118 valence electrons. The molecule has 1 heterocycles. The van der Waals surface area contributed by atoms with Gasteiger partial charge in [-0.05, 0) is 38.8 Å². The Balaban J connectivity index is 2.32. The predicted octanol–water partition coefficient (Wildman–Crippen LogP) is 1.44. The van der Waals surface area contributed by atoms with Crippen molar-refractivity contribution in [2.75, 3.05) is 40.8 Å². The second kappa shape index (κ2) is 7.84. The summed E-state index contributed by atoms with van der Waals surface area (Å²) in [5.41, 5.74) is 6.10. The third-order valence-electron chi connectivity index (χ3n) is 4.41. The van der Waals surface area contributed by atoms with Crippen LogP contribution in [0, 0.1) is 5.92 Å². The van der Waals surface area contributed by atoms with E-state index in [2.05, 4.69) is 25.8 Å². The van der Waals surface area contributed by atoms with E-state index in [-0.39, 0.29) is 12.1 Å². The van der Waals surface area contributed by atoms with E-state index in [1.807, 2.05) is 19.0 Å². The molecule has 0 radical (unpaired) electrons. The Kier molecular flexibility index (Phi) is 6.76. The van der Waals surface area contributed by atoms with Crippen LogP contribution in [0.2, 0.25) is 0 Å². The summed E-state index contributed by atoms with van der Waals surface area (Å²) < 4.78 is 0. The first-order chi connectivity index (χ1) is 9.32. The molecule has 0 bridgehead atoms. The molecule has 1 rings (SSSR count). The van der Waals surface area contributed by atoms with Crippen molar-refractivity contribution < 1.29 is 4.79 Å². The molecule has 0 aromatic carbocycles. The molecule has 0 saturated carbocycles. The van der Waals surface area contributed by atoms with Crippen LogP contribution in [0.1, 0.15) is 33.1 Å². The van der Waals surface area contributed by atoms with Crippen LogP contribution in [0.5, 0.6) is 0 Å². The summed E-state index contributed by atoms with van der Waals surface area (Å²) >= 11 is 0. The van der Waals surface area contributed by atoms with Gasteiger partial charge in [0.2, 0.25) is 0 Å². The standard InChI is InChI=1S/C15H32N4O/c1-12(2)14(16)8-9-18(5)13-6-10-19(11-7-13)15(20)17(3)4/h12-14H,6-11,16H2,1-5H3. The highest BCUT2D eigenvalue weighted by Crippen LogP contribution is 2.17. The summed E-state index contributed by atoms with van der Waals surface area (Å²) in [4.78, 5) is 17.9. The number of piperidine rings is 1. The molecule has 2 N–H and O–H groups in total. The van der Waals surface area contributed by atoms with E-state index in [0.717, 1.165) is 38.9 Å². The van der Waals surface area contributed by atoms with E-state index >= 15 is 0 Å². The van der Waals surface area contributed by atoms with Crippen LogP contribution in [0.3, 0.4) is 0 Å². The van der Waals surface area contributed by atoms with E-state index in [4.69, 9.17) is 5.73 Å². The summed E-state index contributed by atoms with van der Waals surface area (Å²) in [6, 6.07) is 1.00.